The molecule has 0 fully saturated rings. The topological polar surface area (TPSA) is 43.8 Å². The highest BCUT2D eigenvalue weighted by molar-refractivity contribution is 7.99. The molecule has 3 nitrogen and oxygen atoms in total. The van der Waals surface area contributed by atoms with Crippen molar-refractivity contribution in [3.63, 3.8) is 0 Å². The fourth-order valence-corrected chi connectivity index (χ4v) is 2.08. The molecule has 6 heteroatoms. The third-order valence-electron chi connectivity index (χ3n) is 1.93. The number of nitrogen functional groups attached to an aromatic ring is 1. The van der Waals surface area contributed by atoms with Crippen molar-refractivity contribution < 1.29 is 8.78 Å². The molecule has 0 atom stereocenters. The second-order valence-corrected chi connectivity index (χ2v) is 4.30. The Balaban J connectivity index is 2.27. The van der Waals surface area contributed by atoms with E-state index < -0.39 is 11.6 Å². The summed E-state index contributed by atoms with van der Waals surface area (Å²) in [4.78, 5) is 0.560. The van der Waals surface area contributed by atoms with E-state index in [0.717, 1.165) is 12.1 Å². The summed E-state index contributed by atoms with van der Waals surface area (Å²) in [5, 5.41) is 4.67. The van der Waals surface area contributed by atoms with Crippen molar-refractivity contribution in [2.75, 3.05) is 5.73 Å². The smallest absolute Gasteiger partial charge is 0.159 e. The molecular weight excluding hydrogens is 232 g/mol. The van der Waals surface area contributed by atoms with Crippen LogP contribution in [0.25, 0.3) is 0 Å². The van der Waals surface area contributed by atoms with Gasteiger partial charge in [0.2, 0.25) is 0 Å². The Kier molecular flexibility index (Phi) is 2.82. The first-order valence-electron chi connectivity index (χ1n) is 4.48. The van der Waals surface area contributed by atoms with Crippen molar-refractivity contribution in [3.05, 3.63) is 36.0 Å². The maximum absolute atomic E-state index is 12.9. The maximum atomic E-state index is 12.9. The van der Waals surface area contributed by atoms with E-state index in [4.69, 9.17) is 5.73 Å². The number of rotatable bonds is 2. The summed E-state index contributed by atoms with van der Waals surface area (Å²) in [6.07, 6.45) is 1.65. The van der Waals surface area contributed by atoms with Crippen molar-refractivity contribution >= 4 is 17.4 Å². The lowest BCUT2D eigenvalue weighted by molar-refractivity contribution is 0.506. The van der Waals surface area contributed by atoms with Gasteiger partial charge in [0.1, 0.15) is 5.03 Å². The van der Waals surface area contributed by atoms with Crippen molar-refractivity contribution in [1.82, 2.24) is 9.78 Å². The molecule has 0 spiro atoms. The van der Waals surface area contributed by atoms with Crippen molar-refractivity contribution in [2.24, 2.45) is 7.05 Å². The van der Waals surface area contributed by atoms with Crippen LogP contribution in [0.15, 0.2) is 34.3 Å². The molecule has 2 aromatic rings. The van der Waals surface area contributed by atoms with Gasteiger partial charge in [0.05, 0.1) is 5.69 Å². The number of aromatic nitrogens is 2. The lowest BCUT2D eigenvalue weighted by Gasteiger charge is -1.99. The first-order chi connectivity index (χ1) is 7.56. The van der Waals surface area contributed by atoms with Crippen LogP contribution in [0, 0.1) is 11.6 Å². The largest absolute Gasteiger partial charge is 0.395 e. The molecule has 2 N–H and O–H groups in total. The lowest BCUT2D eigenvalue weighted by atomic mass is 10.3. The van der Waals surface area contributed by atoms with Gasteiger partial charge in [0.15, 0.2) is 11.6 Å². The molecule has 0 saturated heterocycles. The Morgan fingerprint density at radius 2 is 2.06 bits per heavy atom. The lowest BCUT2D eigenvalue weighted by Crippen LogP contribution is -1.88. The summed E-state index contributed by atoms with van der Waals surface area (Å²) in [6, 6.07) is 3.68. The molecule has 0 saturated carbocycles. The summed E-state index contributed by atoms with van der Waals surface area (Å²) in [5.74, 6) is -1.74. The number of nitrogens with zero attached hydrogens (tertiary/aromatic N) is 2. The van der Waals surface area contributed by atoms with Crippen molar-refractivity contribution in [1.29, 1.82) is 0 Å². The van der Waals surface area contributed by atoms with Crippen LogP contribution in [-0.2, 0) is 7.05 Å². The fourth-order valence-electron chi connectivity index (χ4n) is 1.22. The maximum Gasteiger partial charge on any atom is 0.159 e. The Morgan fingerprint density at radius 1 is 1.31 bits per heavy atom. The predicted octanol–water partition coefficient (Wildman–Crippen LogP) is 2.43. The average molecular weight is 241 g/mol. The van der Waals surface area contributed by atoms with E-state index in [-0.39, 0.29) is 0 Å². The van der Waals surface area contributed by atoms with E-state index in [1.54, 1.807) is 17.9 Å². The Bertz CT molecular complexity index is 525. The number of benzene rings is 1. The van der Waals surface area contributed by atoms with Crippen LogP contribution >= 0.6 is 11.8 Å². The molecule has 0 radical (unpaired) electrons. The van der Waals surface area contributed by atoms with Gasteiger partial charge in [-0.05, 0) is 18.2 Å². The van der Waals surface area contributed by atoms with Gasteiger partial charge in [0, 0.05) is 18.1 Å². The van der Waals surface area contributed by atoms with Crippen LogP contribution in [0.4, 0.5) is 14.5 Å². The monoisotopic (exact) mass is 241 g/mol. The van der Waals surface area contributed by atoms with Gasteiger partial charge in [-0.3, -0.25) is 4.68 Å². The predicted molar refractivity (Wildman–Crippen MR) is 58.1 cm³/mol. The SMILES string of the molecule is Cn1cc(N)c(Sc2ccc(F)c(F)c2)n1. The first kappa shape index (κ1) is 10.9. The molecular formula is C10H9F2N3S. The second-order valence-electron chi connectivity index (χ2n) is 3.24. The van der Waals surface area contributed by atoms with Gasteiger partial charge in [0.25, 0.3) is 0 Å². The van der Waals surface area contributed by atoms with Gasteiger partial charge in [-0.1, -0.05) is 11.8 Å². The van der Waals surface area contributed by atoms with Gasteiger partial charge in [-0.25, -0.2) is 8.78 Å². The van der Waals surface area contributed by atoms with E-state index in [2.05, 4.69) is 5.10 Å². The zero-order valence-electron chi connectivity index (χ0n) is 8.45. The first-order valence-corrected chi connectivity index (χ1v) is 5.30. The molecule has 1 aromatic heterocycles. The van der Waals surface area contributed by atoms with Gasteiger partial charge < -0.3 is 5.73 Å². The number of halogens is 2. The van der Waals surface area contributed by atoms with E-state index in [0.29, 0.717) is 15.6 Å². The third-order valence-corrected chi connectivity index (χ3v) is 2.93. The molecule has 0 aliphatic carbocycles. The van der Waals surface area contributed by atoms with E-state index in [9.17, 15) is 8.78 Å². The summed E-state index contributed by atoms with van der Waals surface area (Å²) >= 11 is 1.19. The zero-order valence-corrected chi connectivity index (χ0v) is 9.26. The fraction of sp³-hybridized carbons (Fsp3) is 0.100. The zero-order chi connectivity index (χ0) is 11.7. The van der Waals surface area contributed by atoms with Gasteiger partial charge in [-0.2, -0.15) is 5.10 Å². The van der Waals surface area contributed by atoms with E-state index in [1.165, 1.54) is 17.8 Å². The third kappa shape index (κ3) is 2.16. The van der Waals surface area contributed by atoms with Crippen molar-refractivity contribution in [3.8, 4) is 0 Å². The number of nitrogens with two attached hydrogens (primary N) is 1. The molecule has 1 heterocycles. The minimum absolute atomic E-state index is 0.511. The molecule has 16 heavy (non-hydrogen) atoms. The summed E-state index contributed by atoms with van der Waals surface area (Å²) in [7, 11) is 1.74. The number of aryl methyl sites for hydroxylation is 1. The number of hydrogen-bond donors (Lipinski definition) is 1. The van der Waals surface area contributed by atoms with E-state index in [1.807, 2.05) is 0 Å². The molecule has 0 aliphatic rings. The molecule has 0 unspecified atom stereocenters. The summed E-state index contributed by atoms with van der Waals surface area (Å²) < 4.78 is 27.2. The van der Waals surface area contributed by atoms with Crippen LogP contribution in [0.3, 0.4) is 0 Å². The standard InChI is InChI=1S/C10H9F2N3S/c1-15-5-9(13)10(14-15)16-6-2-3-7(11)8(12)4-6/h2-5H,13H2,1H3. The minimum atomic E-state index is -0.875. The highest BCUT2D eigenvalue weighted by atomic mass is 32.2. The van der Waals surface area contributed by atoms with Crippen molar-refractivity contribution in [2.45, 2.75) is 9.92 Å². The molecule has 2 rings (SSSR count). The average Bonchev–Trinajstić information content (AvgIpc) is 2.51. The molecule has 0 aliphatic heterocycles. The minimum Gasteiger partial charge on any atom is -0.395 e. The van der Waals surface area contributed by atoms with Crippen LogP contribution in [-0.4, -0.2) is 9.78 Å². The normalized spacial score (nSPS) is 10.7. The highest BCUT2D eigenvalue weighted by Gasteiger charge is 2.08. The molecule has 1 aromatic carbocycles. The van der Waals surface area contributed by atoms with Gasteiger partial charge in [-0.15, -0.1) is 0 Å². The van der Waals surface area contributed by atoms with Crippen LogP contribution in [0.5, 0.6) is 0 Å². The Hall–Kier alpha value is -1.56. The van der Waals surface area contributed by atoms with Crippen LogP contribution in [0.1, 0.15) is 0 Å². The Morgan fingerprint density at radius 3 is 2.62 bits per heavy atom. The van der Waals surface area contributed by atoms with E-state index >= 15 is 0 Å². The molecule has 84 valence electrons. The molecule has 0 amide bonds. The molecule has 0 bridgehead atoms. The second kappa shape index (κ2) is 4.13. The Labute approximate surface area is 95.3 Å². The highest BCUT2D eigenvalue weighted by Crippen LogP contribution is 2.30. The summed E-state index contributed by atoms with van der Waals surface area (Å²) in [5.41, 5.74) is 6.20. The number of hydrogen-bond acceptors (Lipinski definition) is 3. The quantitative estimate of drug-likeness (QED) is 0.878. The van der Waals surface area contributed by atoms with Crippen LogP contribution < -0.4 is 5.73 Å². The summed E-state index contributed by atoms with van der Waals surface area (Å²) in [6.45, 7) is 0. The number of anilines is 1. The van der Waals surface area contributed by atoms with Gasteiger partial charge >= 0.3 is 0 Å². The van der Waals surface area contributed by atoms with Crippen LogP contribution in [0.2, 0.25) is 0 Å².